The molecule has 11 heteroatoms. The number of nitriles is 1. The molecule has 1 aromatic carbocycles. The Bertz CT molecular complexity index is 1150. The molecule has 1 atom stereocenters. The first kappa shape index (κ1) is 27.2. The molecule has 0 unspecified atom stereocenters. The number of halogens is 3. The fraction of sp³-hybridized carbons (Fsp3) is 0.333. The zero-order chi connectivity index (χ0) is 26.4. The Hall–Kier alpha value is -4.07. The van der Waals surface area contributed by atoms with E-state index in [-0.39, 0.29) is 17.0 Å². The van der Waals surface area contributed by atoms with Crippen LogP contribution >= 0.6 is 0 Å². The van der Waals surface area contributed by atoms with Gasteiger partial charge in [-0.1, -0.05) is 13.8 Å². The SMILES string of the molecule is CN(c1ccc(C#N)c(C(F)(F)F)c1)[C@@H]1C=C(n2ccnc2)CCC1(C)C.O=C(O)/C=C/C(=O)O. The van der Waals surface area contributed by atoms with E-state index < -0.39 is 23.7 Å². The van der Waals surface area contributed by atoms with E-state index in [1.54, 1.807) is 31.7 Å². The maximum absolute atomic E-state index is 13.3. The first-order valence-corrected chi connectivity index (χ1v) is 10.4. The highest BCUT2D eigenvalue weighted by molar-refractivity contribution is 5.89. The first-order valence-electron chi connectivity index (χ1n) is 10.4. The number of alkyl halides is 3. The van der Waals surface area contributed by atoms with Crippen LogP contribution in [0, 0.1) is 16.7 Å². The van der Waals surface area contributed by atoms with Gasteiger partial charge in [0.2, 0.25) is 0 Å². The number of carboxylic acid groups (broad SMARTS) is 2. The summed E-state index contributed by atoms with van der Waals surface area (Å²) in [6.45, 7) is 4.23. The van der Waals surface area contributed by atoms with E-state index >= 15 is 0 Å². The highest BCUT2D eigenvalue weighted by Gasteiger charge is 2.37. The molecule has 0 bridgehead atoms. The monoisotopic (exact) mass is 490 g/mol. The smallest absolute Gasteiger partial charge is 0.417 e. The van der Waals surface area contributed by atoms with Crippen LogP contribution in [0.3, 0.4) is 0 Å². The number of likely N-dealkylation sites (N-methyl/N-ethyl adjacent to an activating group) is 1. The van der Waals surface area contributed by atoms with Gasteiger partial charge in [-0.05, 0) is 42.5 Å². The Morgan fingerprint density at radius 1 is 1.26 bits per heavy atom. The predicted molar refractivity (Wildman–Crippen MR) is 122 cm³/mol. The van der Waals surface area contributed by atoms with Crippen LogP contribution in [-0.2, 0) is 15.8 Å². The zero-order valence-electron chi connectivity index (χ0n) is 19.3. The van der Waals surface area contributed by atoms with Gasteiger partial charge < -0.3 is 19.7 Å². The zero-order valence-corrected chi connectivity index (χ0v) is 19.3. The third kappa shape index (κ3) is 7.20. The Balaban J connectivity index is 0.000000466. The van der Waals surface area contributed by atoms with Crippen LogP contribution in [0.2, 0.25) is 0 Å². The summed E-state index contributed by atoms with van der Waals surface area (Å²) < 4.78 is 41.9. The Morgan fingerprint density at radius 3 is 2.37 bits per heavy atom. The lowest BCUT2D eigenvalue weighted by Crippen LogP contribution is -2.44. The van der Waals surface area contributed by atoms with Crippen molar-refractivity contribution in [3.63, 3.8) is 0 Å². The van der Waals surface area contributed by atoms with E-state index in [2.05, 4.69) is 24.9 Å². The second-order valence-electron chi connectivity index (χ2n) is 8.52. The normalized spacial score (nSPS) is 17.1. The van der Waals surface area contributed by atoms with Gasteiger partial charge in [-0.15, -0.1) is 0 Å². The summed E-state index contributed by atoms with van der Waals surface area (Å²) in [5.74, 6) is -2.51. The molecule has 35 heavy (non-hydrogen) atoms. The number of aromatic nitrogens is 2. The average Bonchev–Trinajstić information content (AvgIpc) is 3.31. The van der Waals surface area contributed by atoms with E-state index in [9.17, 15) is 22.8 Å². The average molecular weight is 490 g/mol. The van der Waals surface area contributed by atoms with Crippen LogP contribution in [0.15, 0.2) is 55.1 Å². The van der Waals surface area contributed by atoms with Crippen molar-refractivity contribution in [1.29, 1.82) is 5.26 Å². The molecule has 1 aromatic heterocycles. The predicted octanol–water partition coefficient (Wildman–Crippen LogP) is 4.65. The van der Waals surface area contributed by atoms with Gasteiger partial charge in [0.1, 0.15) is 0 Å². The van der Waals surface area contributed by atoms with Crippen LogP contribution in [0.25, 0.3) is 5.70 Å². The van der Waals surface area contributed by atoms with Gasteiger partial charge in [-0.3, -0.25) is 0 Å². The molecule has 8 nitrogen and oxygen atoms in total. The second kappa shape index (κ2) is 10.9. The van der Waals surface area contributed by atoms with Crippen molar-refractivity contribution in [2.45, 2.75) is 38.9 Å². The second-order valence-corrected chi connectivity index (χ2v) is 8.52. The molecule has 0 amide bonds. The van der Waals surface area contributed by atoms with Crippen LogP contribution < -0.4 is 4.90 Å². The molecule has 3 rings (SSSR count). The molecule has 0 spiro atoms. The summed E-state index contributed by atoms with van der Waals surface area (Å²) in [6.07, 6.45) is 5.71. The molecule has 0 fully saturated rings. The number of allylic oxidation sites excluding steroid dienone is 1. The van der Waals surface area contributed by atoms with Crippen molar-refractivity contribution in [3.05, 3.63) is 66.3 Å². The van der Waals surface area contributed by atoms with Crippen LogP contribution in [-0.4, -0.2) is 44.8 Å². The number of imidazole rings is 1. The van der Waals surface area contributed by atoms with Crippen molar-refractivity contribution in [2.24, 2.45) is 5.41 Å². The quantitative estimate of drug-likeness (QED) is 0.586. The van der Waals surface area contributed by atoms with Gasteiger partial charge >= 0.3 is 18.1 Å². The van der Waals surface area contributed by atoms with Crippen molar-refractivity contribution in [1.82, 2.24) is 9.55 Å². The van der Waals surface area contributed by atoms with Gasteiger partial charge in [0.05, 0.1) is 29.6 Å². The largest absolute Gasteiger partial charge is 0.478 e. The molecule has 0 aliphatic heterocycles. The van der Waals surface area contributed by atoms with E-state index in [0.29, 0.717) is 17.8 Å². The summed E-state index contributed by atoms with van der Waals surface area (Å²) >= 11 is 0. The molecule has 2 N–H and O–H groups in total. The minimum atomic E-state index is -4.57. The third-order valence-electron chi connectivity index (χ3n) is 5.63. The molecule has 0 saturated carbocycles. The number of aliphatic carboxylic acids is 2. The highest BCUT2D eigenvalue weighted by atomic mass is 19.4. The van der Waals surface area contributed by atoms with Crippen molar-refractivity contribution in [2.75, 3.05) is 11.9 Å². The number of carboxylic acids is 2. The first-order chi connectivity index (χ1) is 16.3. The number of benzene rings is 1. The summed E-state index contributed by atoms with van der Waals surface area (Å²) in [4.78, 5) is 25.0. The maximum Gasteiger partial charge on any atom is 0.417 e. The maximum atomic E-state index is 13.3. The lowest BCUT2D eigenvalue weighted by Gasteiger charge is -2.43. The fourth-order valence-corrected chi connectivity index (χ4v) is 3.76. The van der Waals surface area contributed by atoms with Crippen LogP contribution in [0.1, 0.15) is 37.8 Å². The fourth-order valence-electron chi connectivity index (χ4n) is 3.76. The molecule has 1 aliphatic rings. The number of hydrogen-bond acceptors (Lipinski definition) is 5. The number of carbonyl (C=O) groups is 2. The van der Waals surface area contributed by atoms with E-state index in [1.165, 1.54) is 6.07 Å². The van der Waals surface area contributed by atoms with Crippen molar-refractivity contribution in [3.8, 4) is 6.07 Å². The number of nitrogens with zero attached hydrogens (tertiary/aromatic N) is 4. The topological polar surface area (TPSA) is 119 Å². The van der Waals surface area contributed by atoms with Gasteiger partial charge in [0.25, 0.3) is 0 Å². The summed E-state index contributed by atoms with van der Waals surface area (Å²) in [6, 6.07) is 5.41. The molecule has 1 aliphatic carbocycles. The summed E-state index contributed by atoms with van der Waals surface area (Å²) in [7, 11) is 1.79. The summed E-state index contributed by atoms with van der Waals surface area (Å²) in [5.41, 5.74) is 0.125. The van der Waals surface area contributed by atoms with Gasteiger partial charge in [-0.25, -0.2) is 14.6 Å². The van der Waals surface area contributed by atoms with E-state index in [4.69, 9.17) is 15.5 Å². The minimum Gasteiger partial charge on any atom is -0.478 e. The van der Waals surface area contributed by atoms with Gasteiger partial charge in [0, 0.05) is 43.0 Å². The van der Waals surface area contributed by atoms with Gasteiger partial charge in [0.15, 0.2) is 0 Å². The Labute approximate surface area is 200 Å². The molecular formula is C24H25F3N4O4. The molecule has 0 saturated heterocycles. The van der Waals surface area contributed by atoms with Crippen LogP contribution in [0.5, 0.6) is 0 Å². The number of rotatable bonds is 5. The third-order valence-corrected chi connectivity index (χ3v) is 5.63. The number of hydrogen-bond donors (Lipinski definition) is 2. The lowest BCUT2D eigenvalue weighted by molar-refractivity contribution is -0.137. The van der Waals surface area contributed by atoms with Crippen molar-refractivity contribution < 1.29 is 33.0 Å². The van der Waals surface area contributed by atoms with Gasteiger partial charge in [-0.2, -0.15) is 18.4 Å². The minimum absolute atomic E-state index is 0.0994. The Morgan fingerprint density at radius 2 is 1.89 bits per heavy atom. The van der Waals surface area contributed by atoms with E-state index in [1.807, 2.05) is 15.7 Å². The number of anilines is 1. The Kier molecular flexibility index (Phi) is 8.47. The molecule has 186 valence electrons. The lowest BCUT2D eigenvalue weighted by atomic mass is 9.75. The van der Waals surface area contributed by atoms with E-state index in [0.717, 1.165) is 24.6 Å². The summed E-state index contributed by atoms with van der Waals surface area (Å²) in [5, 5.41) is 24.6. The molecule has 1 heterocycles. The standard InChI is InChI=1S/C20H21F3N4.C4H4O4/c1-19(2)7-6-16(27-9-8-25-13-27)11-18(19)26(3)15-5-4-14(12-24)17(10-15)20(21,22)23;5-3(6)1-2-4(7)8/h4-5,8-11,13,18H,6-7H2,1-3H3;1-2H,(H,5,6)(H,7,8)/b;2-1+/t18-;/m1./s1. The highest BCUT2D eigenvalue weighted by Crippen LogP contribution is 2.41. The molecule has 2 aromatic rings. The molecule has 0 radical (unpaired) electrons. The molecular weight excluding hydrogens is 465 g/mol. The van der Waals surface area contributed by atoms with Crippen molar-refractivity contribution >= 4 is 23.3 Å². The van der Waals surface area contributed by atoms with Crippen LogP contribution in [0.4, 0.5) is 18.9 Å².